The van der Waals surface area contributed by atoms with Crippen molar-refractivity contribution in [3.8, 4) is 5.06 Å². The van der Waals surface area contributed by atoms with E-state index in [-0.39, 0.29) is 0 Å². The monoisotopic (exact) mass is 156 g/mol. The van der Waals surface area contributed by atoms with E-state index in [4.69, 9.17) is 4.74 Å². The Morgan fingerprint density at radius 1 is 1.70 bits per heavy atom. The molecule has 10 heavy (non-hydrogen) atoms. The molecule has 1 aromatic rings. The molecule has 3 heteroatoms. The second-order valence-corrected chi connectivity index (χ2v) is 3.12. The molecule has 0 bridgehead atoms. The number of hydrogen-bond donors (Lipinski definition) is 0. The first-order valence-corrected chi connectivity index (χ1v) is 3.69. The quantitative estimate of drug-likeness (QED) is 0.611. The summed E-state index contributed by atoms with van der Waals surface area (Å²) >= 11 is 1.49. The number of hydrogen-bond acceptors (Lipinski definition) is 3. The van der Waals surface area contributed by atoms with Gasteiger partial charge in [0.15, 0.2) is 11.3 Å². The van der Waals surface area contributed by atoms with E-state index in [1.165, 1.54) is 11.3 Å². The molecule has 0 aliphatic rings. The van der Waals surface area contributed by atoms with E-state index >= 15 is 0 Å². The summed E-state index contributed by atoms with van der Waals surface area (Å²) in [7, 11) is 1.60. The normalized spacial score (nSPS) is 9.40. The zero-order valence-electron chi connectivity index (χ0n) is 5.88. The number of ether oxygens (including phenoxy) is 1. The summed E-state index contributed by atoms with van der Waals surface area (Å²) in [6.45, 7) is 1.90. The molecular weight excluding hydrogens is 148 g/mol. The van der Waals surface area contributed by atoms with Crippen molar-refractivity contribution in [1.29, 1.82) is 0 Å². The molecule has 0 saturated carbocycles. The smallest absolute Gasteiger partial charge is 0.174 e. The molecule has 0 aliphatic heterocycles. The van der Waals surface area contributed by atoms with Crippen LogP contribution in [-0.2, 0) is 0 Å². The Hall–Kier alpha value is -0.830. The lowest BCUT2D eigenvalue weighted by Gasteiger charge is -1.87. The number of aryl methyl sites for hydroxylation is 1. The second kappa shape index (κ2) is 2.84. The summed E-state index contributed by atoms with van der Waals surface area (Å²) in [6, 6.07) is 1.74. The van der Waals surface area contributed by atoms with Crippen LogP contribution in [0.3, 0.4) is 0 Å². The summed E-state index contributed by atoms with van der Waals surface area (Å²) in [5.41, 5.74) is 0.724. The molecule has 1 heterocycles. The number of thiophene rings is 1. The van der Waals surface area contributed by atoms with E-state index in [9.17, 15) is 4.79 Å². The number of aldehydes is 1. The first-order valence-electron chi connectivity index (χ1n) is 2.87. The van der Waals surface area contributed by atoms with E-state index in [0.717, 1.165) is 21.8 Å². The Kier molecular flexibility index (Phi) is 2.06. The van der Waals surface area contributed by atoms with Gasteiger partial charge in [-0.1, -0.05) is 0 Å². The van der Waals surface area contributed by atoms with Crippen molar-refractivity contribution in [2.45, 2.75) is 6.92 Å². The summed E-state index contributed by atoms with van der Waals surface area (Å²) in [5.74, 6) is 0. The third kappa shape index (κ3) is 1.19. The fourth-order valence-corrected chi connectivity index (χ4v) is 1.48. The van der Waals surface area contributed by atoms with E-state index < -0.39 is 0 Å². The molecule has 0 fully saturated rings. The molecule has 0 radical (unpaired) electrons. The Bertz CT molecular complexity index is 240. The lowest BCUT2D eigenvalue weighted by Crippen LogP contribution is -1.76. The topological polar surface area (TPSA) is 26.3 Å². The standard InChI is InChI=1S/C7H8O2S/c1-5-6(4-8)3-7(9-2)10-5/h3-4H,1-2H3. The maximum atomic E-state index is 10.3. The van der Waals surface area contributed by atoms with Crippen LogP contribution in [0.4, 0.5) is 0 Å². The Labute approximate surface area is 63.4 Å². The molecule has 0 aliphatic carbocycles. The first-order chi connectivity index (χ1) is 4.77. The number of carbonyl (C=O) groups excluding carboxylic acids is 1. The maximum Gasteiger partial charge on any atom is 0.174 e. The SMILES string of the molecule is COc1cc(C=O)c(C)s1. The van der Waals surface area contributed by atoms with Gasteiger partial charge in [0.1, 0.15) is 0 Å². The zero-order chi connectivity index (χ0) is 7.56. The van der Waals surface area contributed by atoms with Crippen LogP contribution in [0, 0.1) is 6.92 Å². The minimum absolute atomic E-state index is 0.724. The third-order valence-corrected chi connectivity index (χ3v) is 2.29. The summed E-state index contributed by atoms with van der Waals surface area (Å²) in [4.78, 5) is 11.3. The van der Waals surface area contributed by atoms with Crippen molar-refractivity contribution < 1.29 is 9.53 Å². The highest BCUT2D eigenvalue weighted by molar-refractivity contribution is 7.14. The molecule has 0 unspecified atom stereocenters. The molecule has 54 valence electrons. The highest BCUT2D eigenvalue weighted by atomic mass is 32.1. The molecule has 2 nitrogen and oxygen atoms in total. The summed E-state index contributed by atoms with van der Waals surface area (Å²) in [5, 5.41) is 0.791. The second-order valence-electron chi connectivity index (χ2n) is 1.90. The minimum atomic E-state index is 0.724. The van der Waals surface area contributed by atoms with Gasteiger partial charge < -0.3 is 4.74 Å². The van der Waals surface area contributed by atoms with Crippen LogP contribution < -0.4 is 4.74 Å². The first kappa shape index (κ1) is 7.28. The highest BCUT2D eigenvalue weighted by Crippen LogP contribution is 2.26. The third-order valence-electron chi connectivity index (χ3n) is 1.26. The molecule has 1 rings (SSSR count). The van der Waals surface area contributed by atoms with E-state index in [0.29, 0.717) is 0 Å². The van der Waals surface area contributed by atoms with Gasteiger partial charge in [-0.05, 0) is 6.92 Å². The molecule has 0 atom stereocenters. The maximum absolute atomic E-state index is 10.3. The van der Waals surface area contributed by atoms with Crippen LogP contribution in [0.25, 0.3) is 0 Å². The lowest BCUT2D eigenvalue weighted by atomic mass is 10.3. The van der Waals surface area contributed by atoms with Crippen LogP contribution in [0.2, 0.25) is 0 Å². The van der Waals surface area contributed by atoms with E-state index in [2.05, 4.69) is 0 Å². The fourth-order valence-electron chi connectivity index (χ4n) is 0.685. The molecule has 0 saturated heterocycles. The van der Waals surface area contributed by atoms with E-state index in [1.807, 2.05) is 6.92 Å². The molecule has 0 N–H and O–H groups in total. The van der Waals surface area contributed by atoms with Gasteiger partial charge in [0.05, 0.1) is 7.11 Å². The predicted octanol–water partition coefficient (Wildman–Crippen LogP) is 1.88. The Balaban J connectivity index is 3.03. The predicted molar refractivity (Wildman–Crippen MR) is 41.0 cm³/mol. The van der Waals surface area contributed by atoms with Crippen molar-refractivity contribution in [1.82, 2.24) is 0 Å². The van der Waals surface area contributed by atoms with Crippen LogP contribution in [0.5, 0.6) is 5.06 Å². The van der Waals surface area contributed by atoms with Gasteiger partial charge in [0.2, 0.25) is 0 Å². The van der Waals surface area contributed by atoms with Gasteiger partial charge in [0.25, 0.3) is 0 Å². The Morgan fingerprint density at radius 3 is 2.70 bits per heavy atom. The zero-order valence-corrected chi connectivity index (χ0v) is 6.70. The molecule has 0 amide bonds. The van der Waals surface area contributed by atoms with Crippen LogP contribution >= 0.6 is 11.3 Å². The number of methoxy groups -OCH3 is 1. The van der Waals surface area contributed by atoms with Crippen LogP contribution in [0.15, 0.2) is 6.07 Å². The van der Waals surface area contributed by atoms with Crippen molar-refractivity contribution in [2.24, 2.45) is 0 Å². The molecule has 1 aromatic heterocycles. The average Bonchev–Trinajstić information content (AvgIpc) is 2.30. The number of rotatable bonds is 2. The average molecular weight is 156 g/mol. The highest BCUT2D eigenvalue weighted by Gasteiger charge is 2.02. The van der Waals surface area contributed by atoms with Gasteiger partial charge in [-0.25, -0.2) is 0 Å². The van der Waals surface area contributed by atoms with Gasteiger partial charge in [-0.2, -0.15) is 0 Å². The van der Waals surface area contributed by atoms with Crippen LogP contribution in [0.1, 0.15) is 15.2 Å². The van der Waals surface area contributed by atoms with Gasteiger partial charge in [-0.3, -0.25) is 4.79 Å². The molecule has 0 spiro atoms. The lowest BCUT2D eigenvalue weighted by molar-refractivity contribution is 0.112. The van der Waals surface area contributed by atoms with Gasteiger partial charge in [0, 0.05) is 16.5 Å². The summed E-state index contributed by atoms with van der Waals surface area (Å²) in [6.07, 6.45) is 0.842. The van der Waals surface area contributed by atoms with Crippen molar-refractivity contribution in [3.63, 3.8) is 0 Å². The van der Waals surface area contributed by atoms with Gasteiger partial charge in [-0.15, -0.1) is 11.3 Å². The fraction of sp³-hybridized carbons (Fsp3) is 0.286. The molecule has 0 aromatic carbocycles. The minimum Gasteiger partial charge on any atom is -0.487 e. The number of carbonyl (C=O) groups is 1. The molecular formula is C7H8O2S. The van der Waals surface area contributed by atoms with Crippen LogP contribution in [-0.4, -0.2) is 13.4 Å². The van der Waals surface area contributed by atoms with Crippen molar-refractivity contribution in [3.05, 3.63) is 16.5 Å². The largest absolute Gasteiger partial charge is 0.487 e. The van der Waals surface area contributed by atoms with Crippen molar-refractivity contribution >= 4 is 17.6 Å². The Morgan fingerprint density at radius 2 is 2.40 bits per heavy atom. The summed E-state index contributed by atoms with van der Waals surface area (Å²) < 4.78 is 4.94. The van der Waals surface area contributed by atoms with Crippen molar-refractivity contribution in [2.75, 3.05) is 7.11 Å². The van der Waals surface area contributed by atoms with E-state index in [1.54, 1.807) is 13.2 Å². The van der Waals surface area contributed by atoms with Gasteiger partial charge >= 0.3 is 0 Å².